The van der Waals surface area contributed by atoms with Gasteiger partial charge in [-0.2, -0.15) is 11.8 Å². The third-order valence-electron chi connectivity index (χ3n) is 2.19. The second kappa shape index (κ2) is 7.13. The highest BCUT2D eigenvalue weighted by Crippen LogP contribution is 2.34. The van der Waals surface area contributed by atoms with Gasteiger partial charge in [0.1, 0.15) is 11.5 Å². The molecule has 0 heterocycles. The summed E-state index contributed by atoms with van der Waals surface area (Å²) in [5, 5.41) is 0. The molecule has 0 bridgehead atoms. The van der Waals surface area contributed by atoms with Crippen LogP contribution in [0.15, 0.2) is 16.6 Å². The van der Waals surface area contributed by atoms with E-state index in [1.165, 1.54) is 0 Å². The second-order valence-electron chi connectivity index (χ2n) is 3.79. The minimum atomic E-state index is 0.211. The van der Waals surface area contributed by atoms with E-state index in [0.29, 0.717) is 0 Å². The maximum atomic E-state index is 5.72. The molecule has 0 spiro atoms. The zero-order chi connectivity index (χ0) is 12.8. The maximum absolute atomic E-state index is 5.72. The lowest BCUT2D eigenvalue weighted by atomic mass is 10.2. The molecule has 3 nitrogen and oxygen atoms in total. The molecule has 0 saturated heterocycles. The van der Waals surface area contributed by atoms with E-state index in [9.17, 15) is 0 Å². The molecule has 1 aromatic rings. The molecule has 17 heavy (non-hydrogen) atoms. The minimum absolute atomic E-state index is 0.211. The van der Waals surface area contributed by atoms with Crippen molar-refractivity contribution in [1.82, 2.24) is 0 Å². The molecule has 2 N–H and O–H groups in total. The molecule has 0 radical (unpaired) electrons. The van der Waals surface area contributed by atoms with Crippen LogP contribution in [0.5, 0.6) is 11.5 Å². The molecule has 0 amide bonds. The van der Waals surface area contributed by atoms with Crippen LogP contribution in [0.25, 0.3) is 0 Å². The molecule has 1 rings (SSSR count). The average Bonchev–Trinajstić information content (AvgIpc) is 2.30. The first-order chi connectivity index (χ1) is 8.08. The van der Waals surface area contributed by atoms with Crippen LogP contribution in [0.2, 0.25) is 0 Å². The van der Waals surface area contributed by atoms with Crippen molar-refractivity contribution in [2.24, 2.45) is 5.73 Å². The first-order valence-electron chi connectivity index (χ1n) is 5.32. The van der Waals surface area contributed by atoms with Crippen molar-refractivity contribution in [2.45, 2.75) is 18.7 Å². The summed E-state index contributed by atoms with van der Waals surface area (Å²) in [4.78, 5) is 0. The lowest BCUT2D eigenvalue weighted by Gasteiger charge is -2.12. The number of methoxy groups -OCH3 is 2. The highest BCUT2D eigenvalue weighted by molar-refractivity contribution is 9.10. The number of ether oxygens (including phenoxy) is 2. The van der Waals surface area contributed by atoms with Gasteiger partial charge in [0.2, 0.25) is 0 Å². The Morgan fingerprint density at radius 3 is 2.47 bits per heavy atom. The Hall–Kier alpha value is -0.390. The molecule has 1 unspecified atom stereocenters. The van der Waals surface area contributed by atoms with E-state index in [1.807, 2.05) is 19.1 Å². The molecule has 96 valence electrons. The number of rotatable bonds is 6. The van der Waals surface area contributed by atoms with Gasteiger partial charge in [0.25, 0.3) is 0 Å². The first-order valence-corrected chi connectivity index (χ1v) is 7.27. The summed E-state index contributed by atoms with van der Waals surface area (Å²) in [7, 11) is 3.33. The van der Waals surface area contributed by atoms with Gasteiger partial charge < -0.3 is 15.2 Å². The number of hydrogen-bond acceptors (Lipinski definition) is 4. The lowest BCUT2D eigenvalue weighted by molar-refractivity contribution is 0.398. The summed E-state index contributed by atoms with van der Waals surface area (Å²) in [6.45, 7) is 2.01. The zero-order valence-electron chi connectivity index (χ0n) is 10.3. The van der Waals surface area contributed by atoms with E-state index in [4.69, 9.17) is 15.2 Å². The van der Waals surface area contributed by atoms with Crippen LogP contribution < -0.4 is 15.2 Å². The highest BCUT2D eigenvalue weighted by Gasteiger charge is 2.09. The van der Waals surface area contributed by atoms with Gasteiger partial charge in [0.05, 0.1) is 18.7 Å². The van der Waals surface area contributed by atoms with E-state index >= 15 is 0 Å². The van der Waals surface area contributed by atoms with Crippen LogP contribution in [0.4, 0.5) is 0 Å². The number of nitrogens with two attached hydrogens (primary N) is 1. The Kier molecular flexibility index (Phi) is 6.16. The fraction of sp³-hybridized carbons (Fsp3) is 0.500. The second-order valence-corrected chi connectivity index (χ2v) is 5.68. The average molecular weight is 320 g/mol. The summed E-state index contributed by atoms with van der Waals surface area (Å²) < 4.78 is 11.5. The fourth-order valence-corrected chi connectivity index (χ4v) is 2.81. The van der Waals surface area contributed by atoms with E-state index in [1.54, 1.807) is 26.0 Å². The normalized spacial score (nSPS) is 12.3. The zero-order valence-corrected chi connectivity index (χ0v) is 12.7. The van der Waals surface area contributed by atoms with Crippen molar-refractivity contribution >= 4 is 27.7 Å². The summed E-state index contributed by atoms with van der Waals surface area (Å²) in [5.41, 5.74) is 6.85. The molecule has 1 aromatic carbocycles. The van der Waals surface area contributed by atoms with Crippen molar-refractivity contribution in [3.05, 3.63) is 22.2 Å². The van der Waals surface area contributed by atoms with E-state index in [-0.39, 0.29) is 6.04 Å². The maximum Gasteiger partial charge on any atom is 0.133 e. The predicted octanol–water partition coefficient (Wildman–Crippen LogP) is 3.05. The fourth-order valence-electron chi connectivity index (χ4n) is 1.39. The molecule has 1 atom stereocenters. The quantitative estimate of drug-likeness (QED) is 0.875. The topological polar surface area (TPSA) is 44.5 Å². The standard InChI is InChI=1S/C12H18BrNO2S/c1-8(14)6-17-7-9-4-12(16-3)10(13)5-11(9)15-2/h4-5,8H,6-7,14H2,1-3H3. The van der Waals surface area contributed by atoms with Gasteiger partial charge in [-0.3, -0.25) is 0 Å². The van der Waals surface area contributed by atoms with Crippen LogP contribution >= 0.6 is 27.7 Å². The molecule has 0 aromatic heterocycles. The van der Waals surface area contributed by atoms with Crippen molar-refractivity contribution in [3.8, 4) is 11.5 Å². The van der Waals surface area contributed by atoms with Crippen LogP contribution in [-0.4, -0.2) is 26.0 Å². The molecule has 0 aliphatic rings. The minimum Gasteiger partial charge on any atom is -0.496 e. The van der Waals surface area contributed by atoms with E-state index in [2.05, 4.69) is 15.9 Å². The molecular formula is C12H18BrNO2S. The molecule has 0 aliphatic carbocycles. The Bertz CT molecular complexity index is 372. The van der Waals surface area contributed by atoms with Gasteiger partial charge in [-0.25, -0.2) is 0 Å². The number of thioether (sulfide) groups is 1. The summed E-state index contributed by atoms with van der Waals surface area (Å²) in [6.07, 6.45) is 0. The van der Waals surface area contributed by atoms with Gasteiger partial charge >= 0.3 is 0 Å². The van der Waals surface area contributed by atoms with Crippen molar-refractivity contribution in [1.29, 1.82) is 0 Å². The van der Waals surface area contributed by atoms with Crippen LogP contribution in [0, 0.1) is 0 Å². The smallest absolute Gasteiger partial charge is 0.133 e. The SMILES string of the molecule is COc1cc(CSCC(C)N)c(OC)cc1Br. The molecular weight excluding hydrogens is 302 g/mol. The van der Waals surface area contributed by atoms with Crippen LogP contribution in [0.3, 0.4) is 0 Å². The van der Waals surface area contributed by atoms with E-state index < -0.39 is 0 Å². The van der Waals surface area contributed by atoms with Crippen molar-refractivity contribution in [3.63, 3.8) is 0 Å². The molecule has 0 fully saturated rings. The van der Waals surface area contributed by atoms with Crippen LogP contribution in [0.1, 0.15) is 12.5 Å². The van der Waals surface area contributed by atoms with Crippen molar-refractivity contribution in [2.75, 3.05) is 20.0 Å². The van der Waals surface area contributed by atoms with Gasteiger partial charge in [-0.15, -0.1) is 0 Å². The third-order valence-corrected chi connectivity index (χ3v) is 4.09. The van der Waals surface area contributed by atoms with Gasteiger partial charge in [-0.05, 0) is 35.0 Å². The largest absolute Gasteiger partial charge is 0.496 e. The highest BCUT2D eigenvalue weighted by atomic mass is 79.9. The van der Waals surface area contributed by atoms with Gasteiger partial charge in [0, 0.05) is 23.1 Å². The summed E-state index contributed by atoms with van der Waals surface area (Å²) in [5.74, 6) is 3.49. The van der Waals surface area contributed by atoms with Gasteiger partial charge in [0.15, 0.2) is 0 Å². The van der Waals surface area contributed by atoms with Crippen LogP contribution in [-0.2, 0) is 5.75 Å². The van der Waals surface area contributed by atoms with Crippen molar-refractivity contribution < 1.29 is 9.47 Å². The Labute approximate surface area is 115 Å². The Balaban J connectivity index is 2.81. The number of hydrogen-bond donors (Lipinski definition) is 1. The molecule has 5 heteroatoms. The van der Waals surface area contributed by atoms with Gasteiger partial charge in [-0.1, -0.05) is 0 Å². The first kappa shape index (κ1) is 14.7. The number of halogens is 1. The summed E-state index contributed by atoms with van der Waals surface area (Å²) in [6, 6.07) is 4.14. The van der Waals surface area contributed by atoms with E-state index in [0.717, 1.165) is 33.0 Å². The Morgan fingerprint density at radius 2 is 1.94 bits per heavy atom. The Morgan fingerprint density at radius 1 is 1.29 bits per heavy atom. The number of benzene rings is 1. The molecule has 0 aliphatic heterocycles. The monoisotopic (exact) mass is 319 g/mol. The third kappa shape index (κ3) is 4.41. The summed E-state index contributed by atoms with van der Waals surface area (Å²) >= 11 is 5.24. The lowest BCUT2D eigenvalue weighted by Crippen LogP contribution is -2.17. The molecule has 0 saturated carbocycles. The predicted molar refractivity (Wildman–Crippen MR) is 77.1 cm³/mol.